The van der Waals surface area contributed by atoms with Crippen molar-refractivity contribution in [3.05, 3.63) is 33.9 Å². The van der Waals surface area contributed by atoms with Crippen LogP contribution < -0.4 is 11.5 Å². The molecule has 0 amide bonds. The average molecular weight is 322 g/mol. The molecular weight excluding hydrogens is 302 g/mol. The lowest BCUT2D eigenvalue weighted by molar-refractivity contribution is 0.440. The zero-order valence-electron chi connectivity index (χ0n) is 11.0. The molecule has 1 aromatic carbocycles. The van der Waals surface area contributed by atoms with E-state index in [0.29, 0.717) is 12.5 Å². The van der Waals surface area contributed by atoms with Crippen LogP contribution in [0.3, 0.4) is 0 Å². The van der Waals surface area contributed by atoms with Gasteiger partial charge in [0.25, 0.3) is 0 Å². The van der Waals surface area contributed by atoms with E-state index >= 15 is 0 Å². The average Bonchev–Trinajstić information content (AvgIpc) is 2.77. The Morgan fingerprint density at radius 2 is 2.26 bits per heavy atom. The van der Waals surface area contributed by atoms with Crippen LogP contribution >= 0.6 is 15.9 Å². The lowest BCUT2D eigenvalue weighted by Crippen LogP contribution is -2.33. The van der Waals surface area contributed by atoms with Gasteiger partial charge in [0, 0.05) is 33.0 Å². The number of aryl methyl sites for hydroxylation is 1. The lowest BCUT2D eigenvalue weighted by atomic mass is 9.81. The fourth-order valence-corrected chi connectivity index (χ4v) is 3.65. The molecule has 19 heavy (non-hydrogen) atoms. The summed E-state index contributed by atoms with van der Waals surface area (Å²) in [6.07, 6.45) is 4.43. The van der Waals surface area contributed by atoms with Crippen molar-refractivity contribution >= 4 is 26.8 Å². The Balaban J connectivity index is 2.07. The van der Waals surface area contributed by atoms with Gasteiger partial charge in [0.1, 0.15) is 0 Å². The highest BCUT2D eigenvalue weighted by Gasteiger charge is 2.28. The fraction of sp³-hybridized carbons (Fsp3) is 0.467. The molecule has 102 valence electrons. The predicted molar refractivity (Wildman–Crippen MR) is 83.3 cm³/mol. The smallest absolute Gasteiger partial charge is 0.0459 e. The summed E-state index contributed by atoms with van der Waals surface area (Å²) in [7, 11) is 0. The van der Waals surface area contributed by atoms with E-state index in [1.165, 1.54) is 35.0 Å². The SMILES string of the molecule is NCCC(N)C1CCCc2c1[nH]c1ccc(Br)cc21. The molecule has 2 atom stereocenters. The molecule has 1 aliphatic rings. The molecule has 3 nitrogen and oxygen atoms in total. The first kappa shape index (κ1) is 13.2. The van der Waals surface area contributed by atoms with Crippen LogP contribution in [0.25, 0.3) is 10.9 Å². The number of aromatic nitrogens is 1. The number of hydrogen-bond donors (Lipinski definition) is 3. The van der Waals surface area contributed by atoms with Crippen LogP contribution in [0.2, 0.25) is 0 Å². The first-order valence-electron chi connectivity index (χ1n) is 6.96. The zero-order chi connectivity index (χ0) is 13.4. The topological polar surface area (TPSA) is 67.8 Å². The molecule has 0 aliphatic heterocycles. The van der Waals surface area contributed by atoms with E-state index in [4.69, 9.17) is 11.5 Å². The molecule has 0 bridgehead atoms. The maximum Gasteiger partial charge on any atom is 0.0459 e. The van der Waals surface area contributed by atoms with Crippen molar-refractivity contribution in [3.63, 3.8) is 0 Å². The zero-order valence-corrected chi connectivity index (χ0v) is 12.5. The van der Waals surface area contributed by atoms with E-state index in [2.05, 4.69) is 39.1 Å². The van der Waals surface area contributed by atoms with Gasteiger partial charge in [-0.05, 0) is 56.0 Å². The second-order valence-electron chi connectivity index (χ2n) is 5.45. The minimum atomic E-state index is 0.167. The molecule has 2 aromatic rings. The first-order chi connectivity index (χ1) is 9.20. The summed E-state index contributed by atoms with van der Waals surface area (Å²) in [5.41, 5.74) is 16.0. The van der Waals surface area contributed by atoms with Gasteiger partial charge in [0.15, 0.2) is 0 Å². The van der Waals surface area contributed by atoms with E-state index in [-0.39, 0.29) is 6.04 Å². The van der Waals surface area contributed by atoms with Crippen molar-refractivity contribution in [1.82, 2.24) is 4.98 Å². The molecule has 0 saturated heterocycles. The number of nitrogens with two attached hydrogens (primary N) is 2. The summed E-state index contributed by atoms with van der Waals surface area (Å²) in [6, 6.07) is 6.60. The first-order valence-corrected chi connectivity index (χ1v) is 7.75. The number of hydrogen-bond acceptors (Lipinski definition) is 2. The van der Waals surface area contributed by atoms with Gasteiger partial charge in [-0.2, -0.15) is 0 Å². The van der Waals surface area contributed by atoms with Crippen LogP contribution in [0, 0.1) is 0 Å². The Labute approximate surface area is 121 Å². The van der Waals surface area contributed by atoms with Crippen LogP contribution in [0.1, 0.15) is 36.4 Å². The molecule has 1 heterocycles. The van der Waals surface area contributed by atoms with Gasteiger partial charge in [0.2, 0.25) is 0 Å². The van der Waals surface area contributed by atoms with Gasteiger partial charge in [-0.1, -0.05) is 15.9 Å². The summed E-state index contributed by atoms with van der Waals surface area (Å²) in [4.78, 5) is 3.59. The highest BCUT2D eigenvalue weighted by molar-refractivity contribution is 9.10. The third-order valence-corrected chi connectivity index (χ3v) is 4.72. The molecule has 0 fully saturated rings. The Morgan fingerprint density at radius 3 is 3.05 bits per heavy atom. The Bertz CT molecular complexity index is 590. The standard InChI is InChI=1S/C15H20BrN3/c16-9-4-5-14-12(8-9)10-2-1-3-11(15(10)19-14)13(18)6-7-17/h4-5,8,11,13,19H,1-3,6-7,17-18H2. The molecule has 5 N–H and O–H groups in total. The molecule has 0 spiro atoms. The van der Waals surface area contributed by atoms with E-state index in [0.717, 1.165) is 17.3 Å². The third-order valence-electron chi connectivity index (χ3n) is 4.23. The van der Waals surface area contributed by atoms with Crippen molar-refractivity contribution < 1.29 is 0 Å². The summed E-state index contributed by atoms with van der Waals surface area (Å²) in [6.45, 7) is 0.665. The molecule has 2 unspecified atom stereocenters. The quantitative estimate of drug-likeness (QED) is 0.813. The summed E-state index contributed by atoms with van der Waals surface area (Å²) in [5.74, 6) is 0.429. The van der Waals surface area contributed by atoms with Gasteiger partial charge in [-0.15, -0.1) is 0 Å². The van der Waals surface area contributed by atoms with Crippen LogP contribution in [-0.4, -0.2) is 17.6 Å². The van der Waals surface area contributed by atoms with E-state index in [9.17, 15) is 0 Å². The number of benzene rings is 1. The van der Waals surface area contributed by atoms with Crippen LogP contribution in [0.4, 0.5) is 0 Å². The van der Waals surface area contributed by atoms with Crippen molar-refractivity contribution in [2.24, 2.45) is 11.5 Å². The monoisotopic (exact) mass is 321 g/mol. The van der Waals surface area contributed by atoms with Crippen LogP contribution in [0.5, 0.6) is 0 Å². The number of fused-ring (bicyclic) bond motifs is 3. The van der Waals surface area contributed by atoms with Gasteiger partial charge in [-0.25, -0.2) is 0 Å². The van der Waals surface area contributed by atoms with Crippen molar-refractivity contribution in [3.8, 4) is 0 Å². The van der Waals surface area contributed by atoms with Crippen molar-refractivity contribution in [2.45, 2.75) is 37.6 Å². The van der Waals surface area contributed by atoms with Crippen LogP contribution in [0.15, 0.2) is 22.7 Å². The molecule has 0 radical (unpaired) electrons. The van der Waals surface area contributed by atoms with E-state index in [1.807, 2.05) is 0 Å². The lowest BCUT2D eigenvalue weighted by Gasteiger charge is -2.27. The Morgan fingerprint density at radius 1 is 1.42 bits per heavy atom. The molecule has 4 heteroatoms. The maximum absolute atomic E-state index is 6.32. The van der Waals surface area contributed by atoms with Gasteiger partial charge in [0.05, 0.1) is 0 Å². The van der Waals surface area contributed by atoms with E-state index in [1.54, 1.807) is 0 Å². The normalized spacial score (nSPS) is 20.5. The summed E-state index contributed by atoms with van der Waals surface area (Å²) < 4.78 is 1.13. The van der Waals surface area contributed by atoms with Gasteiger partial charge < -0.3 is 16.5 Å². The minimum Gasteiger partial charge on any atom is -0.358 e. The highest BCUT2D eigenvalue weighted by Crippen LogP contribution is 2.38. The molecule has 1 aliphatic carbocycles. The third kappa shape index (κ3) is 2.33. The number of nitrogens with one attached hydrogen (secondary N) is 1. The summed E-state index contributed by atoms with van der Waals surface area (Å²) in [5, 5.41) is 1.34. The highest BCUT2D eigenvalue weighted by atomic mass is 79.9. The summed E-state index contributed by atoms with van der Waals surface area (Å²) >= 11 is 3.56. The second kappa shape index (κ2) is 5.27. The Hall–Kier alpha value is -0.840. The molecule has 3 rings (SSSR count). The van der Waals surface area contributed by atoms with Gasteiger partial charge >= 0.3 is 0 Å². The minimum absolute atomic E-state index is 0.167. The molecule has 1 aromatic heterocycles. The largest absolute Gasteiger partial charge is 0.358 e. The molecule has 0 saturated carbocycles. The second-order valence-corrected chi connectivity index (χ2v) is 6.36. The van der Waals surface area contributed by atoms with Crippen molar-refractivity contribution in [1.29, 1.82) is 0 Å². The number of halogens is 1. The number of H-pyrrole nitrogens is 1. The van der Waals surface area contributed by atoms with Gasteiger partial charge in [-0.3, -0.25) is 0 Å². The molecular formula is C15H20BrN3. The number of rotatable bonds is 3. The maximum atomic E-state index is 6.32. The van der Waals surface area contributed by atoms with Crippen molar-refractivity contribution in [2.75, 3.05) is 6.54 Å². The number of aromatic amines is 1. The fourth-order valence-electron chi connectivity index (χ4n) is 3.29. The Kier molecular flexibility index (Phi) is 3.65. The van der Waals surface area contributed by atoms with E-state index < -0.39 is 0 Å². The predicted octanol–water partition coefficient (Wildman–Crippen LogP) is 3.03. The van der Waals surface area contributed by atoms with Crippen LogP contribution in [-0.2, 0) is 6.42 Å².